The minimum Gasteiger partial charge on any atom is -0.465 e. The number of hydrogen-bond donors (Lipinski definition) is 4. The lowest BCUT2D eigenvalue weighted by atomic mass is 10.0. The van der Waals surface area contributed by atoms with E-state index < -0.39 is 18.2 Å². The van der Waals surface area contributed by atoms with Crippen molar-refractivity contribution in [2.45, 2.75) is 70.6 Å². The minimum absolute atomic E-state index is 0.0195. The third-order valence-corrected chi connectivity index (χ3v) is 10.6. The third-order valence-electron chi connectivity index (χ3n) is 10.6. The van der Waals surface area contributed by atoms with Crippen LogP contribution < -0.4 is 5.32 Å². The number of nitrogens with zero attached hydrogens (tertiary/aromatic N) is 7. The van der Waals surface area contributed by atoms with E-state index >= 15 is 0 Å². The van der Waals surface area contributed by atoms with E-state index in [-0.39, 0.29) is 29.8 Å². The second-order valence-electron chi connectivity index (χ2n) is 14.4. The Morgan fingerprint density at radius 1 is 0.741 bits per heavy atom. The van der Waals surface area contributed by atoms with Crippen LogP contribution in [-0.2, 0) is 9.59 Å². The molecule has 5 heterocycles. The zero-order valence-corrected chi connectivity index (χ0v) is 30.9. The Labute approximate surface area is 314 Å². The topological polar surface area (TPSA) is 176 Å². The molecule has 2 aromatic carbocycles. The molecule has 7 rings (SSSR count). The molecule has 4 N–H and O–H groups in total. The number of imidazole rings is 2. The molecule has 0 spiro atoms. The van der Waals surface area contributed by atoms with Crippen LogP contribution in [0, 0.1) is 5.92 Å². The van der Waals surface area contributed by atoms with Crippen molar-refractivity contribution in [3.8, 4) is 33.6 Å². The van der Waals surface area contributed by atoms with Crippen molar-refractivity contribution < 1.29 is 19.5 Å². The van der Waals surface area contributed by atoms with Crippen LogP contribution in [0.2, 0.25) is 0 Å². The van der Waals surface area contributed by atoms with E-state index in [2.05, 4.69) is 66.6 Å². The molecule has 2 fully saturated rings. The molecule has 14 nitrogen and oxygen atoms in total. The summed E-state index contributed by atoms with van der Waals surface area (Å²) in [4.78, 5) is 67.8. The molecule has 14 heteroatoms. The van der Waals surface area contributed by atoms with Gasteiger partial charge in [0.1, 0.15) is 23.7 Å². The predicted octanol–water partition coefficient (Wildman–Crippen LogP) is 6.39. The number of anilines is 1. The molecular weight excluding hydrogens is 685 g/mol. The number of likely N-dealkylation sites (N-methyl/N-ethyl adjacent to an activating group) is 1. The van der Waals surface area contributed by atoms with Gasteiger partial charge in [0.15, 0.2) is 0 Å². The highest BCUT2D eigenvalue weighted by Crippen LogP contribution is 2.35. The molecule has 2 aliphatic rings. The number of aromatic amines is 2. The molecule has 2 aliphatic heterocycles. The van der Waals surface area contributed by atoms with Gasteiger partial charge in [0.2, 0.25) is 17.8 Å². The highest BCUT2D eigenvalue weighted by molar-refractivity contribution is 5.86. The number of aromatic nitrogens is 6. The van der Waals surface area contributed by atoms with Gasteiger partial charge in [-0.3, -0.25) is 14.5 Å². The Kier molecular flexibility index (Phi) is 10.4. The van der Waals surface area contributed by atoms with Crippen molar-refractivity contribution in [3.63, 3.8) is 0 Å². The molecule has 0 bridgehead atoms. The number of hydrogen-bond acceptors (Lipinski definition) is 8. The lowest BCUT2D eigenvalue weighted by molar-refractivity contribution is -0.136. The lowest BCUT2D eigenvalue weighted by Crippen LogP contribution is -2.47. The van der Waals surface area contributed by atoms with Crippen LogP contribution in [0.5, 0.6) is 0 Å². The quantitative estimate of drug-likeness (QED) is 0.120. The molecule has 0 radical (unpaired) electrons. The van der Waals surface area contributed by atoms with Crippen molar-refractivity contribution >= 4 is 23.9 Å². The Bertz CT molecular complexity index is 2080. The molecule has 3 aromatic heterocycles. The fourth-order valence-electron chi connectivity index (χ4n) is 7.40. The first-order chi connectivity index (χ1) is 26.1. The molecule has 280 valence electrons. The van der Waals surface area contributed by atoms with E-state index in [4.69, 9.17) is 4.98 Å². The third kappa shape index (κ3) is 7.41. The molecule has 54 heavy (non-hydrogen) atoms. The summed E-state index contributed by atoms with van der Waals surface area (Å²) in [5.41, 5.74) is 5.84. The number of carboxylic acid groups (broad SMARTS) is 1. The van der Waals surface area contributed by atoms with E-state index in [9.17, 15) is 19.5 Å². The van der Waals surface area contributed by atoms with Crippen molar-refractivity contribution in [2.75, 3.05) is 25.5 Å². The van der Waals surface area contributed by atoms with Gasteiger partial charge in [-0.05, 0) is 66.8 Å². The Morgan fingerprint density at radius 3 is 1.67 bits per heavy atom. The van der Waals surface area contributed by atoms with Gasteiger partial charge in [-0.25, -0.2) is 24.7 Å². The van der Waals surface area contributed by atoms with Gasteiger partial charge >= 0.3 is 6.09 Å². The molecule has 2 saturated heterocycles. The van der Waals surface area contributed by atoms with Gasteiger partial charge in [-0.2, -0.15) is 0 Å². The van der Waals surface area contributed by atoms with Crippen LogP contribution in [0.25, 0.3) is 33.6 Å². The first-order valence-electron chi connectivity index (χ1n) is 18.5. The van der Waals surface area contributed by atoms with Gasteiger partial charge < -0.3 is 30.2 Å². The molecule has 0 aliphatic carbocycles. The second-order valence-corrected chi connectivity index (χ2v) is 14.4. The Hall–Kier alpha value is -6.05. The number of carbonyl (C=O) groups is 3. The number of H-pyrrole nitrogens is 2. The highest BCUT2D eigenvalue weighted by Gasteiger charge is 2.38. The van der Waals surface area contributed by atoms with Gasteiger partial charge in [0.25, 0.3) is 0 Å². The van der Waals surface area contributed by atoms with E-state index in [0.29, 0.717) is 24.9 Å². The summed E-state index contributed by atoms with van der Waals surface area (Å²) in [7, 11) is 1.41. The highest BCUT2D eigenvalue weighted by atomic mass is 16.4. The summed E-state index contributed by atoms with van der Waals surface area (Å²) in [6.45, 7) is 6.89. The zero-order valence-electron chi connectivity index (χ0n) is 30.9. The molecular formula is C40H46N10O4. The molecule has 5 aromatic rings. The number of rotatable bonds is 11. The Morgan fingerprint density at radius 2 is 1.20 bits per heavy atom. The summed E-state index contributed by atoms with van der Waals surface area (Å²) < 4.78 is 0. The van der Waals surface area contributed by atoms with Crippen LogP contribution in [0.1, 0.15) is 70.2 Å². The van der Waals surface area contributed by atoms with Crippen LogP contribution in [0.15, 0.2) is 79.4 Å². The molecule has 3 amide bonds. The zero-order chi connectivity index (χ0) is 37.9. The van der Waals surface area contributed by atoms with Gasteiger partial charge in [0.05, 0.1) is 35.9 Å². The van der Waals surface area contributed by atoms with Crippen molar-refractivity contribution in [2.24, 2.45) is 5.92 Å². The maximum Gasteiger partial charge on any atom is 0.407 e. The molecule has 4 atom stereocenters. The molecule has 0 unspecified atom stereocenters. The van der Waals surface area contributed by atoms with E-state index in [1.54, 1.807) is 36.5 Å². The van der Waals surface area contributed by atoms with Gasteiger partial charge in [-0.15, -0.1) is 0 Å². The fourth-order valence-corrected chi connectivity index (χ4v) is 7.40. The average molecular weight is 731 g/mol. The first kappa shape index (κ1) is 36.3. The summed E-state index contributed by atoms with van der Waals surface area (Å²) in [6.07, 6.45) is 9.14. The standard InChI is InChI=1S/C40H46N10O4/c1-24(2)34(47-39-41-18-7-19-42-39)38(52)50-21-6-9-33(50)36-44-23-31(46-36)29-16-12-27(13-17-29)26-10-14-28(15-11-26)30-22-43-35(45-30)32-8-5-20-49(32)37(51)25(3)48(4)40(53)54/h7,10-19,22-25,32-34H,5-6,8-9,20-21H2,1-4H3,(H,43,45)(H,44,46)(H,53,54)(H,41,42,47)/t25-,32-,33-,34+/m0/s1. The van der Waals surface area contributed by atoms with E-state index in [1.165, 1.54) is 7.05 Å². The maximum absolute atomic E-state index is 13.8. The van der Waals surface area contributed by atoms with E-state index in [0.717, 1.165) is 70.0 Å². The number of nitrogens with one attached hydrogen (secondary N) is 3. The largest absolute Gasteiger partial charge is 0.465 e. The summed E-state index contributed by atoms with van der Waals surface area (Å²) in [5.74, 6) is 1.76. The summed E-state index contributed by atoms with van der Waals surface area (Å²) >= 11 is 0. The first-order valence-corrected chi connectivity index (χ1v) is 18.5. The Balaban J connectivity index is 0.999. The van der Waals surface area contributed by atoms with Crippen molar-refractivity contribution in [1.29, 1.82) is 0 Å². The minimum atomic E-state index is -1.13. The van der Waals surface area contributed by atoms with Gasteiger partial charge in [0, 0.05) is 32.5 Å². The normalized spacial score (nSPS) is 18.2. The van der Waals surface area contributed by atoms with Crippen LogP contribution in [0.3, 0.4) is 0 Å². The maximum atomic E-state index is 13.8. The van der Waals surface area contributed by atoms with Gasteiger partial charge in [-0.1, -0.05) is 62.4 Å². The van der Waals surface area contributed by atoms with Crippen molar-refractivity contribution in [1.82, 2.24) is 44.6 Å². The number of carbonyl (C=O) groups excluding carboxylic acids is 2. The number of benzene rings is 2. The van der Waals surface area contributed by atoms with E-state index in [1.807, 2.05) is 37.1 Å². The van der Waals surface area contributed by atoms with Crippen molar-refractivity contribution in [3.05, 3.63) is 91.0 Å². The summed E-state index contributed by atoms with van der Waals surface area (Å²) in [5, 5.41) is 12.6. The second kappa shape index (κ2) is 15.5. The smallest absolute Gasteiger partial charge is 0.407 e. The number of likely N-dealkylation sites (tertiary alicyclic amines) is 2. The number of amides is 3. The average Bonchev–Trinajstić information content (AvgIpc) is 4.03. The SMILES string of the molecule is CC(C)[C@@H](Nc1ncccn1)C(=O)N1CCC[C@H]1c1ncc(-c2ccc(-c3ccc(-c4cnc([C@@H]5CCCN5C(=O)[C@H](C)N(C)C(=O)O)[nH]4)cc3)cc2)[nH]1. The molecule has 0 saturated carbocycles. The monoisotopic (exact) mass is 730 g/mol. The predicted molar refractivity (Wildman–Crippen MR) is 204 cm³/mol. The van der Waals surface area contributed by atoms with Crippen LogP contribution in [-0.4, -0.2) is 99.8 Å². The summed E-state index contributed by atoms with van der Waals surface area (Å²) in [6, 6.07) is 16.7. The van der Waals surface area contributed by atoms with Crippen LogP contribution >= 0.6 is 0 Å². The fraction of sp³-hybridized carbons (Fsp3) is 0.375. The lowest BCUT2D eigenvalue weighted by Gasteiger charge is -2.30. The van der Waals surface area contributed by atoms with Crippen LogP contribution in [0.4, 0.5) is 10.7 Å².